The van der Waals surface area contributed by atoms with Crippen LogP contribution < -0.4 is 5.73 Å². The highest BCUT2D eigenvalue weighted by molar-refractivity contribution is 9.10. The van der Waals surface area contributed by atoms with E-state index in [4.69, 9.17) is 10.5 Å². The second-order valence-electron chi connectivity index (χ2n) is 5.11. The van der Waals surface area contributed by atoms with Crippen molar-refractivity contribution >= 4 is 15.9 Å². The Balaban J connectivity index is 2.12. The smallest absolute Gasteiger partial charge is 0.124 e. The van der Waals surface area contributed by atoms with E-state index in [1.807, 2.05) is 13.0 Å². The molecule has 1 saturated heterocycles. The molecule has 1 aromatic carbocycles. The van der Waals surface area contributed by atoms with Crippen LogP contribution in [0.15, 0.2) is 22.7 Å². The highest BCUT2D eigenvalue weighted by Gasteiger charge is 2.27. The third kappa shape index (κ3) is 3.54. The lowest BCUT2D eigenvalue weighted by Crippen LogP contribution is -2.50. The molecule has 2 N–H and O–H groups in total. The first-order valence-electron chi connectivity index (χ1n) is 6.55. The van der Waals surface area contributed by atoms with Crippen LogP contribution in [0.25, 0.3) is 0 Å². The zero-order chi connectivity index (χ0) is 14.0. The monoisotopic (exact) mass is 330 g/mol. The number of benzene rings is 1. The number of ether oxygens (including phenoxy) is 1. The van der Waals surface area contributed by atoms with E-state index in [0.717, 1.165) is 23.1 Å². The van der Waals surface area contributed by atoms with Gasteiger partial charge >= 0.3 is 0 Å². The van der Waals surface area contributed by atoms with E-state index in [2.05, 4.69) is 27.8 Å². The molecule has 0 aliphatic carbocycles. The predicted molar refractivity (Wildman–Crippen MR) is 77.5 cm³/mol. The lowest BCUT2D eigenvalue weighted by atomic mass is 10.0. The molecule has 0 spiro atoms. The van der Waals surface area contributed by atoms with Crippen molar-refractivity contribution in [2.75, 3.05) is 19.7 Å². The van der Waals surface area contributed by atoms with Gasteiger partial charge in [-0.2, -0.15) is 0 Å². The third-order valence-electron chi connectivity index (χ3n) is 3.67. The average Bonchev–Trinajstić information content (AvgIpc) is 2.38. The van der Waals surface area contributed by atoms with Crippen LogP contribution in [0.5, 0.6) is 0 Å². The first-order chi connectivity index (χ1) is 8.99. The standard InChI is InChI=1S/C14H20BrFN2O/c1-9(17)14-8-18(5-6-19-14)10(2)12-4-3-11(16)7-13(12)15/h3-4,7,9-10,14H,5-6,8,17H2,1-2H3. The molecule has 3 unspecified atom stereocenters. The molecule has 0 amide bonds. The number of rotatable bonds is 3. The fraction of sp³-hybridized carbons (Fsp3) is 0.571. The van der Waals surface area contributed by atoms with Gasteiger partial charge in [-0.3, -0.25) is 4.90 Å². The highest BCUT2D eigenvalue weighted by atomic mass is 79.9. The molecule has 1 aliphatic rings. The van der Waals surface area contributed by atoms with Crippen molar-refractivity contribution in [3.05, 3.63) is 34.1 Å². The predicted octanol–water partition coefficient (Wildman–Crippen LogP) is 2.70. The Morgan fingerprint density at radius 2 is 2.21 bits per heavy atom. The molecule has 0 saturated carbocycles. The molecule has 5 heteroatoms. The molecule has 1 aliphatic heterocycles. The maximum Gasteiger partial charge on any atom is 0.124 e. The van der Waals surface area contributed by atoms with Crippen LogP contribution in [-0.4, -0.2) is 36.7 Å². The summed E-state index contributed by atoms with van der Waals surface area (Å²) in [7, 11) is 0. The van der Waals surface area contributed by atoms with Gasteiger partial charge in [0.15, 0.2) is 0 Å². The minimum atomic E-state index is -0.224. The maximum atomic E-state index is 13.1. The van der Waals surface area contributed by atoms with Crippen LogP contribution >= 0.6 is 15.9 Å². The Kier molecular flexibility index (Phi) is 4.95. The van der Waals surface area contributed by atoms with Gasteiger partial charge < -0.3 is 10.5 Å². The van der Waals surface area contributed by atoms with Crippen LogP contribution in [0.4, 0.5) is 4.39 Å². The van der Waals surface area contributed by atoms with Gasteiger partial charge in [-0.25, -0.2) is 4.39 Å². The molecular formula is C14H20BrFN2O. The summed E-state index contributed by atoms with van der Waals surface area (Å²) in [6, 6.07) is 5.07. The molecule has 1 fully saturated rings. The number of morpholine rings is 1. The lowest BCUT2D eigenvalue weighted by molar-refractivity contribution is -0.0499. The summed E-state index contributed by atoms with van der Waals surface area (Å²) >= 11 is 3.44. The first kappa shape index (κ1) is 14.9. The van der Waals surface area contributed by atoms with Gasteiger partial charge in [0.25, 0.3) is 0 Å². The number of halogens is 2. The van der Waals surface area contributed by atoms with Crippen molar-refractivity contribution in [3.63, 3.8) is 0 Å². The van der Waals surface area contributed by atoms with Gasteiger partial charge in [-0.05, 0) is 31.5 Å². The summed E-state index contributed by atoms with van der Waals surface area (Å²) in [5.74, 6) is -0.224. The number of nitrogens with two attached hydrogens (primary N) is 1. The quantitative estimate of drug-likeness (QED) is 0.926. The molecule has 3 atom stereocenters. The Morgan fingerprint density at radius 3 is 2.84 bits per heavy atom. The SMILES string of the molecule is CC(N)C1CN(C(C)c2ccc(F)cc2Br)CCO1. The molecule has 0 aromatic heterocycles. The van der Waals surface area contributed by atoms with E-state index in [0.29, 0.717) is 6.61 Å². The van der Waals surface area contributed by atoms with Crippen molar-refractivity contribution < 1.29 is 9.13 Å². The zero-order valence-electron chi connectivity index (χ0n) is 11.3. The molecule has 0 radical (unpaired) electrons. The second kappa shape index (κ2) is 6.31. The van der Waals surface area contributed by atoms with E-state index in [-0.39, 0.29) is 24.0 Å². The minimum absolute atomic E-state index is 0.0201. The topological polar surface area (TPSA) is 38.5 Å². The minimum Gasteiger partial charge on any atom is -0.374 e. The van der Waals surface area contributed by atoms with Crippen molar-refractivity contribution in [1.29, 1.82) is 0 Å². The van der Waals surface area contributed by atoms with Crippen LogP contribution in [0, 0.1) is 5.82 Å². The van der Waals surface area contributed by atoms with E-state index in [1.54, 1.807) is 0 Å². The summed E-state index contributed by atoms with van der Waals surface area (Å²) in [6.45, 7) is 6.46. The number of nitrogens with zero attached hydrogens (tertiary/aromatic N) is 1. The molecule has 19 heavy (non-hydrogen) atoms. The first-order valence-corrected chi connectivity index (χ1v) is 7.34. The zero-order valence-corrected chi connectivity index (χ0v) is 12.9. The van der Waals surface area contributed by atoms with Crippen molar-refractivity contribution in [2.45, 2.75) is 32.0 Å². The van der Waals surface area contributed by atoms with E-state index < -0.39 is 0 Å². The van der Waals surface area contributed by atoms with Gasteiger partial charge in [-0.15, -0.1) is 0 Å². The number of hydrogen-bond donors (Lipinski definition) is 1. The maximum absolute atomic E-state index is 13.1. The van der Waals surface area contributed by atoms with Gasteiger partial charge in [0.05, 0.1) is 12.7 Å². The Morgan fingerprint density at radius 1 is 1.47 bits per heavy atom. The van der Waals surface area contributed by atoms with Crippen molar-refractivity contribution in [3.8, 4) is 0 Å². The number of hydrogen-bond acceptors (Lipinski definition) is 3. The summed E-state index contributed by atoms with van der Waals surface area (Å²) in [6.07, 6.45) is 0.0652. The normalized spacial score (nSPS) is 24.2. The fourth-order valence-electron chi connectivity index (χ4n) is 2.40. The van der Waals surface area contributed by atoms with Crippen molar-refractivity contribution in [2.24, 2.45) is 5.73 Å². The lowest BCUT2D eigenvalue weighted by Gasteiger charge is -2.38. The van der Waals surface area contributed by atoms with Crippen LogP contribution in [0.1, 0.15) is 25.5 Å². The Labute approximate surface area is 122 Å². The Hall–Kier alpha value is -0.490. The van der Waals surface area contributed by atoms with Crippen molar-refractivity contribution in [1.82, 2.24) is 4.90 Å². The molecular weight excluding hydrogens is 311 g/mol. The fourth-order valence-corrected chi connectivity index (χ4v) is 3.09. The average molecular weight is 331 g/mol. The molecule has 2 rings (SSSR count). The molecule has 3 nitrogen and oxygen atoms in total. The third-order valence-corrected chi connectivity index (χ3v) is 4.36. The molecule has 0 bridgehead atoms. The second-order valence-corrected chi connectivity index (χ2v) is 5.96. The molecule has 1 aromatic rings. The largest absolute Gasteiger partial charge is 0.374 e. The summed E-state index contributed by atoms with van der Waals surface area (Å²) in [4.78, 5) is 2.33. The summed E-state index contributed by atoms with van der Waals surface area (Å²) < 4.78 is 19.6. The van der Waals surface area contributed by atoms with Crippen LogP contribution in [0.3, 0.4) is 0 Å². The summed E-state index contributed by atoms with van der Waals surface area (Å²) in [5.41, 5.74) is 7.00. The van der Waals surface area contributed by atoms with Crippen LogP contribution in [-0.2, 0) is 4.74 Å². The van der Waals surface area contributed by atoms with Gasteiger partial charge in [0.1, 0.15) is 5.82 Å². The van der Waals surface area contributed by atoms with E-state index in [9.17, 15) is 4.39 Å². The van der Waals surface area contributed by atoms with Gasteiger partial charge in [-0.1, -0.05) is 22.0 Å². The van der Waals surface area contributed by atoms with E-state index >= 15 is 0 Å². The molecule has 106 valence electrons. The van der Waals surface area contributed by atoms with Gasteiger partial charge in [0.2, 0.25) is 0 Å². The Bertz CT molecular complexity index is 441. The van der Waals surface area contributed by atoms with E-state index in [1.165, 1.54) is 12.1 Å². The molecule has 1 heterocycles. The van der Waals surface area contributed by atoms with Gasteiger partial charge in [0, 0.05) is 29.6 Å². The summed E-state index contributed by atoms with van der Waals surface area (Å²) in [5, 5.41) is 0. The van der Waals surface area contributed by atoms with Crippen LogP contribution in [0.2, 0.25) is 0 Å². The highest BCUT2D eigenvalue weighted by Crippen LogP contribution is 2.29.